The van der Waals surface area contributed by atoms with E-state index in [0.717, 1.165) is 27.5 Å². The first-order chi connectivity index (χ1) is 15.0. The molecule has 1 amide bonds. The average molecular weight is 441 g/mol. The summed E-state index contributed by atoms with van der Waals surface area (Å²) in [4.78, 5) is 36.2. The smallest absolute Gasteiger partial charge is 0.339 e. The number of fused-ring (bicyclic) bond motifs is 2. The van der Waals surface area contributed by atoms with Gasteiger partial charge in [0.25, 0.3) is 0 Å². The number of hydrogen-bond acceptors (Lipinski definition) is 6. The summed E-state index contributed by atoms with van der Waals surface area (Å²) in [5.74, 6) is -1.75. The van der Waals surface area contributed by atoms with Gasteiger partial charge in [-0.3, -0.25) is 4.79 Å². The molecule has 7 heteroatoms. The molecule has 0 aliphatic rings. The van der Waals surface area contributed by atoms with Crippen LogP contribution in [0.25, 0.3) is 21.9 Å². The second-order valence-corrected chi connectivity index (χ2v) is 9.38. The molecule has 172 valence electrons. The van der Waals surface area contributed by atoms with Gasteiger partial charge in [-0.05, 0) is 43.7 Å². The number of nitrogens with one attached hydrogen (secondary N) is 1. The number of carboxylic acids is 1. The zero-order chi connectivity index (χ0) is 23.8. The molecule has 0 saturated heterocycles. The van der Waals surface area contributed by atoms with E-state index >= 15 is 0 Å². The number of carboxylic acid groups (broad SMARTS) is 1. The minimum absolute atomic E-state index is 0.0230. The summed E-state index contributed by atoms with van der Waals surface area (Å²) in [7, 11) is 0. The number of aliphatic carboxylic acids is 1. The highest BCUT2D eigenvalue weighted by molar-refractivity contribution is 6.00. The predicted molar refractivity (Wildman–Crippen MR) is 121 cm³/mol. The molecule has 1 atom stereocenters. The van der Waals surface area contributed by atoms with Gasteiger partial charge < -0.3 is 24.1 Å². The minimum atomic E-state index is -1.31. The number of hydrogen-bond donors (Lipinski definition) is 1. The van der Waals surface area contributed by atoms with Crippen LogP contribution in [0.15, 0.2) is 26.0 Å². The largest absolute Gasteiger partial charge is 0.548 e. The lowest BCUT2D eigenvalue weighted by Crippen LogP contribution is -2.47. The summed E-state index contributed by atoms with van der Waals surface area (Å²) in [6.45, 7) is 11.9. The van der Waals surface area contributed by atoms with E-state index in [-0.39, 0.29) is 18.3 Å². The van der Waals surface area contributed by atoms with Gasteiger partial charge in [0.2, 0.25) is 5.91 Å². The van der Waals surface area contributed by atoms with E-state index in [2.05, 4.69) is 26.1 Å². The third kappa shape index (κ3) is 4.42. The fourth-order valence-electron chi connectivity index (χ4n) is 4.11. The fourth-order valence-corrected chi connectivity index (χ4v) is 4.11. The van der Waals surface area contributed by atoms with Gasteiger partial charge in [-0.15, -0.1) is 0 Å². The molecule has 7 nitrogen and oxygen atoms in total. The maximum absolute atomic E-state index is 12.7. The quantitative estimate of drug-likeness (QED) is 0.563. The van der Waals surface area contributed by atoms with Gasteiger partial charge in [-0.25, -0.2) is 4.79 Å². The van der Waals surface area contributed by atoms with E-state index in [1.165, 1.54) is 0 Å². The lowest BCUT2D eigenvalue weighted by molar-refractivity contribution is -0.308. The van der Waals surface area contributed by atoms with Crippen LogP contribution in [0.5, 0.6) is 0 Å². The second kappa shape index (κ2) is 8.81. The van der Waals surface area contributed by atoms with Gasteiger partial charge in [-0.2, -0.15) is 0 Å². The van der Waals surface area contributed by atoms with Crippen molar-refractivity contribution in [3.63, 3.8) is 0 Å². The molecule has 0 fully saturated rings. The van der Waals surface area contributed by atoms with E-state index in [9.17, 15) is 19.5 Å². The number of furan rings is 1. The summed E-state index contributed by atoms with van der Waals surface area (Å²) < 4.78 is 11.5. The Kier molecular flexibility index (Phi) is 6.49. The Morgan fingerprint density at radius 2 is 1.81 bits per heavy atom. The van der Waals surface area contributed by atoms with Crippen LogP contribution in [0, 0.1) is 13.8 Å². The van der Waals surface area contributed by atoms with E-state index < -0.39 is 23.5 Å². The van der Waals surface area contributed by atoms with Crippen molar-refractivity contribution in [2.45, 2.75) is 78.7 Å². The summed E-state index contributed by atoms with van der Waals surface area (Å²) in [5, 5.41) is 15.4. The molecule has 3 aromatic rings. The number of benzene rings is 1. The van der Waals surface area contributed by atoms with Crippen molar-refractivity contribution in [3.8, 4) is 0 Å². The summed E-state index contributed by atoms with van der Waals surface area (Å²) >= 11 is 0. The van der Waals surface area contributed by atoms with E-state index in [4.69, 9.17) is 8.83 Å². The molecule has 1 N–H and O–H groups in total. The first-order valence-electron chi connectivity index (χ1n) is 10.9. The standard InChI is InChI=1S/C25H31NO6/c1-7-8-19(23(28)29)26-20(27)10-9-15-13(2)16-11-17-18(25(4,5)6)12-31-21(17)14(3)22(16)32-24(15)30/h11-12,19H,7-10H2,1-6H3,(H,26,27)(H,28,29)/p-1/t19-/m1/s1. The van der Waals surface area contributed by atoms with Crippen LogP contribution in [-0.4, -0.2) is 17.9 Å². The minimum Gasteiger partial charge on any atom is -0.548 e. The first kappa shape index (κ1) is 23.6. The highest BCUT2D eigenvalue weighted by atomic mass is 16.4. The SMILES string of the molecule is CCC[C@@H](NC(=O)CCc1c(C)c2cc3c(C(C)(C)C)coc3c(C)c2oc1=O)C(=O)[O-]. The molecule has 2 aromatic heterocycles. The van der Waals surface area contributed by atoms with Gasteiger partial charge in [0.05, 0.1) is 18.3 Å². The van der Waals surface area contributed by atoms with Crippen molar-refractivity contribution in [1.29, 1.82) is 0 Å². The van der Waals surface area contributed by atoms with Gasteiger partial charge in [0.15, 0.2) is 0 Å². The Bertz CT molecular complexity index is 1240. The molecule has 0 radical (unpaired) electrons. The first-order valence-corrected chi connectivity index (χ1v) is 10.9. The lowest BCUT2D eigenvalue weighted by Gasteiger charge is -2.19. The van der Waals surface area contributed by atoms with Crippen molar-refractivity contribution in [3.05, 3.63) is 45.0 Å². The van der Waals surface area contributed by atoms with Crippen molar-refractivity contribution in [2.75, 3.05) is 0 Å². The van der Waals surface area contributed by atoms with Crippen molar-refractivity contribution >= 4 is 33.8 Å². The summed E-state index contributed by atoms with van der Waals surface area (Å²) in [6, 6.07) is 0.950. The third-order valence-electron chi connectivity index (χ3n) is 5.95. The Morgan fingerprint density at radius 1 is 1.12 bits per heavy atom. The molecule has 0 spiro atoms. The Balaban J connectivity index is 1.98. The molecular weight excluding hydrogens is 410 g/mol. The normalized spacial score (nSPS) is 12.9. The molecule has 0 saturated carbocycles. The highest BCUT2D eigenvalue weighted by Crippen LogP contribution is 2.37. The van der Waals surface area contributed by atoms with Crippen LogP contribution in [0.2, 0.25) is 0 Å². The molecule has 0 bridgehead atoms. The molecule has 3 rings (SSSR count). The predicted octanol–water partition coefficient (Wildman–Crippen LogP) is 3.42. The number of carbonyl (C=O) groups is 2. The van der Waals surface area contributed by atoms with Crippen LogP contribution < -0.4 is 16.0 Å². The lowest BCUT2D eigenvalue weighted by atomic mass is 9.86. The van der Waals surface area contributed by atoms with Crippen molar-refractivity contribution < 1.29 is 23.5 Å². The Morgan fingerprint density at radius 3 is 2.41 bits per heavy atom. The van der Waals surface area contributed by atoms with E-state index in [1.807, 2.05) is 26.8 Å². The van der Waals surface area contributed by atoms with Gasteiger partial charge >= 0.3 is 5.63 Å². The molecule has 32 heavy (non-hydrogen) atoms. The highest BCUT2D eigenvalue weighted by Gasteiger charge is 2.24. The summed E-state index contributed by atoms with van der Waals surface area (Å²) in [6.07, 6.45) is 2.77. The maximum Gasteiger partial charge on any atom is 0.339 e. The number of carbonyl (C=O) groups excluding carboxylic acids is 2. The van der Waals surface area contributed by atoms with Gasteiger partial charge in [0.1, 0.15) is 11.2 Å². The molecule has 0 unspecified atom stereocenters. The van der Waals surface area contributed by atoms with Gasteiger partial charge in [-0.1, -0.05) is 34.1 Å². The average Bonchev–Trinajstić information content (AvgIpc) is 3.13. The molecule has 0 aliphatic carbocycles. The fraction of sp³-hybridized carbons (Fsp3) is 0.480. The zero-order valence-corrected chi connectivity index (χ0v) is 19.5. The van der Waals surface area contributed by atoms with Crippen LogP contribution in [-0.2, 0) is 21.4 Å². The third-order valence-corrected chi connectivity index (χ3v) is 5.95. The Hall–Kier alpha value is -3.09. The van der Waals surface area contributed by atoms with Crippen LogP contribution in [0.1, 0.15) is 69.2 Å². The van der Waals surface area contributed by atoms with Crippen LogP contribution >= 0.6 is 0 Å². The second-order valence-electron chi connectivity index (χ2n) is 9.38. The van der Waals surface area contributed by atoms with Crippen molar-refractivity contribution in [2.24, 2.45) is 0 Å². The number of amides is 1. The topological polar surface area (TPSA) is 113 Å². The zero-order valence-electron chi connectivity index (χ0n) is 19.5. The molecule has 0 aliphatic heterocycles. The van der Waals surface area contributed by atoms with E-state index in [0.29, 0.717) is 29.6 Å². The maximum atomic E-state index is 12.7. The Labute approximate surface area is 186 Å². The van der Waals surface area contributed by atoms with E-state index in [1.54, 1.807) is 6.26 Å². The van der Waals surface area contributed by atoms with Gasteiger partial charge in [0, 0.05) is 33.9 Å². The molecule has 1 aromatic carbocycles. The monoisotopic (exact) mass is 440 g/mol. The number of aryl methyl sites for hydroxylation is 2. The van der Waals surface area contributed by atoms with Crippen molar-refractivity contribution in [1.82, 2.24) is 5.32 Å². The summed E-state index contributed by atoms with van der Waals surface area (Å²) in [5.41, 5.74) is 3.53. The van der Waals surface area contributed by atoms with Crippen LogP contribution in [0.4, 0.5) is 0 Å². The molecule has 2 heterocycles. The van der Waals surface area contributed by atoms with Crippen LogP contribution in [0.3, 0.4) is 0 Å². The molecular formula is C25H30NO6-. The number of rotatable bonds is 7.